The molecule has 1 heterocycles. The Bertz CT molecular complexity index is 765. The molecule has 0 radical (unpaired) electrons. The number of H-pyrrole nitrogens is 1. The zero-order chi connectivity index (χ0) is 17.5. The molecule has 10 heteroatoms. The number of methoxy groups -OCH3 is 1. The van der Waals surface area contributed by atoms with E-state index in [-0.39, 0.29) is 22.4 Å². The van der Waals surface area contributed by atoms with Crippen molar-refractivity contribution in [3.05, 3.63) is 39.5 Å². The van der Waals surface area contributed by atoms with E-state index >= 15 is 0 Å². The summed E-state index contributed by atoms with van der Waals surface area (Å²) >= 11 is 6.78. The van der Waals surface area contributed by atoms with E-state index in [1.807, 2.05) is 0 Å². The summed E-state index contributed by atoms with van der Waals surface area (Å²) in [6.07, 6.45) is 0.657. The number of rotatable bonds is 8. The largest absolute Gasteiger partial charge is 0.385 e. The van der Waals surface area contributed by atoms with Gasteiger partial charge in [0, 0.05) is 25.9 Å². The minimum Gasteiger partial charge on any atom is -0.385 e. The van der Waals surface area contributed by atoms with Crippen LogP contribution in [0.5, 0.6) is 0 Å². The maximum Gasteiger partial charge on any atom is 0.343 e. The van der Waals surface area contributed by atoms with Gasteiger partial charge in [0.1, 0.15) is 5.82 Å². The number of carbonyl (C=O) groups is 1. The van der Waals surface area contributed by atoms with E-state index in [4.69, 9.17) is 16.3 Å². The molecule has 130 valence electrons. The van der Waals surface area contributed by atoms with Crippen LogP contribution >= 0.6 is 23.4 Å². The molecule has 0 fully saturated rings. The maximum atomic E-state index is 13.1. The van der Waals surface area contributed by atoms with Gasteiger partial charge >= 0.3 is 5.69 Å². The van der Waals surface area contributed by atoms with Crippen LogP contribution in [-0.4, -0.2) is 40.1 Å². The zero-order valence-electron chi connectivity index (χ0n) is 12.8. The molecule has 1 amide bonds. The summed E-state index contributed by atoms with van der Waals surface area (Å²) in [4.78, 5) is 23.6. The van der Waals surface area contributed by atoms with Crippen molar-refractivity contribution in [1.82, 2.24) is 14.8 Å². The van der Waals surface area contributed by atoms with Crippen LogP contribution in [0.15, 0.2) is 28.2 Å². The molecule has 0 spiro atoms. The summed E-state index contributed by atoms with van der Waals surface area (Å²) in [5, 5.41) is 9.20. The van der Waals surface area contributed by atoms with E-state index in [2.05, 4.69) is 15.5 Å². The van der Waals surface area contributed by atoms with E-state index in [1.54, 1.807) is 7.11 Å². The number of nitrogens with zero attached hydrogens (tertiary/aromatic N) is 2. The number of nitrogens with one attached hydrogen (secondary N) is 2. The van der Waals surface area contributed by atoms with Crippen molar-refractivity contribution in [3.63, 3.8) is 0 Å². The number of anilines is 1. The number of hydrogen-bond donors (Lipinski definition) is 2. The van der Waals surface area contributed by atoms with Crippen LogP contribution < -0.4 is 11.0 Å². The Labute approximate surface area is 146 Å². The molecule has 0 aliphatic rings. The average Bonchev–Trinajstić information content (AvgIpc) is 2.90. The Kier molecular flexibility index (Phi) is 6.83. The molecule has 0 saturated heterocycles. The zero-order valence-corrected chi connectivity index (χ0v) is 14.4. The Balaban J connectivity index is 1.91. The smallest absolute Gasteiger partial charge is 0.343 e. The topological polar surface area (TPSA) is 89.0 Å². The van der Waals surface area contributed by atoms with Crippen LogP contribution in [-0.2, 0) is 16.1 Å². The molecule has 0 aliphatic carbocycles. The first-order valence-electron chi connectivity index (χ1n) is 7.03. The summed E-state index contributed by atoms with van der Waals surface area (Å²) in [5.74, 6) is -0.828. The van der Waals surface area contributed by atoms with Crippen LogP contribution in [0.2, 0.25) is 5.02 Å². The lowest BCUT2D eigenvalue weighted by Gasteiger charge is -2.07. The summed E-state index contributed by atoms with van der Waals surface area (Å²) in [7, 11) is 1.58. The minimum atomic E-state index is -0.555. The third-order valence-electron chi connectivity index (χ3n) is 2.99. The predicted molar refractivity (Wildman–Crippen MR) is 90.1 cm³/mol. The molecule has 7 nitrogen and oxygen atoms in total. The van der Waals surface area contributed by atoms with Gasteiger partial charge < -0.3 is 10.1 Å². The number of halogens is 2. The van der Waals surface area contributed by atoms with Gasteiger partial charge in [-0.25, -0.2) is 14.3 Å². The van der Waals surface area contributed by atoms with Crippen LogP contribution in [0, 0.1) is 5.82 Å². The molecule has 2 rings (SSSR count). The number of benzene rings is 1. The number of carbonyl (C=O) groups excluding carboxylic acids is 1. The van der Waals surface area contributed by atoms with Gasteiger partial charge in [-0.2, -0.15) is 0 Å². The molecule has 0 aliphatic heterocycles. The molecular weight excluding hydrogens is 359 g/mol. The highest BCUT2D eigenvalue weighted by Crippen LogP contribution is 2.20. The summed E-state index contributed by atoms with van der Waals surface area (Å²) in [5.41, 5.74) is 0.0610. The Morgan fingerprint density at radius 2 is 2.33 bits per heavy atom. The first kappa shape index (κ1) is 18.5. The fourth-order valence-electron chi connectivity index (χ4n) is 1.88. The van der Waals surface area contributed by atoms with E-state index in [9.17, 15) is 14.0 Å². The highest BCUT2D eigenvalue weighted by atomic mass is 35.5. The van der Waals surface area contributed by atoms with Gasteiger partial charge in [0.25, 0.3) is 0 Å². The van der Waals surface area contributed by atoms with Crippen LogP contribution in [0.4, 0.5) is 10.1 Å². The summed E-state index contributed by atoms with van der Waals surface area (Å²) in [6, 6.07) is 3.92. The van der Waals surface area contributed by atoms with E-state index in [0.717, 1.165) is 11.8 Å². The first-order valence-corrected chi connectivity index (χ1v) is 8.39. The Hall–Kier alpha value is -1.84. The average molecular weight is 375 g/mol. The second-order valence-electron chi connectivity index (χ2n) is 4.78. The van der Waals surface area contributed by atoms with Gasteiger partial charge in [-0.1, -0.05) is 23.4 Å². The molecule has 0 unspecified atom stereocenters. The Morgan fingerprint density at radius 1 is 1.54 bits per heavy atom. The second kappa shape index (κ2) is 8.86. The fraction of sp³-hybridized carbons (Fsp3) is 0.357. The minimum absolute atomic E-state index is 0.0452. The summed E-state index contributed by atoms with van der Waals surface area (Å²) in [6.45, 7) is 0.967. The molecule has 0 atom stereocenters. The highest BCUT2D eigenvalue weighted by Gasteiger charge is 2.12. The lowest BCUT2D eigenvalue weighted by molar-refractivity contribution is -0.113. The molecule has 0 saturated carbocycles. The van der Waals surface area contributed by atoms with Gasteiger partial charge in [-0.15, -0.1) is 5.10 Å². The van der Waals surface area contributed by atoms with Crippen LogP contribution in [0.1, 0.15) is 6.42 Å². The van der Waals surface area contributed by atoms with Crippen molar-refractivity contribution in [3.8, 4) is 0 Å². The lowest BCUT2D eigenvalue weighted by Crippen LogP contribution is -2.19. The number of amides is 1. The highest BCUT2D eigenvalue weighted by molar-refractivity contribution is 7.99. The van der Waals surface area contributed by atoms with E-state index in [0.29, 0.717) is 30.4 Å². The van der Waals surface area contributed by atoms with Gasteiger partial charge in [0.05, 0.1) is 10.8 Å². The third-order valence-corrected chi connectivity index (χ3v) is 4.26. The van der Waals surface area contributed by atoms with Crippen molar-refractivity contribution < 1.29 is 13.9 Å². The van der Waals surface area contributed by atoms with Crippen molar-refractivity contribution in [2.75, 3.05) is 24.8 Å². The monoisotopic (exact) mass is 374 g/mol. The predicted octanol–water partition coefficient (Wildman–Crippen LogP) is 2.13. The Morgan fingerprint density at radius 3 is 3.04 bits per heavy atom. The molecule has 2 aromatic rings. The van der Waals surface area contributed by atoms with Gasteiger partial charge in [-0.3, -0.25) is 9.36 Å². The van der Waals surface area contributed by atoms with Gasteiger partial charge in [-0.05, 0) is 24.6 Å². The van der Waals surface area contributed by atoms with Crippen LogP contribution in [0.3, 0.4) is 0 Å². The van der Waals surface area contributed by atoms with E-state index in [1.165, 1.54) is 22.8 Å². The third kappa shape index (κ3) is 5.08. The van der Waals surface area contributed by atoms with Gasteiger partial charge in [0.2, 0.25) is 5.91 Å². The molecule has 24 heavy (non-hydrogen) atoms. The lowest BCUT2D eigenvalue weighted by atomic mass is 10.3. The first-order chi connectivity index (χ1) is 11.5. The molecule has 2 N–H and O–H groups in total. The molecule has 0 bridgehead atoms. The standard InChI is InChI=1S/C14H16ClFN4O3S/c1-23-6-2-5-20-13(22)18-19-14(20)24-8-12(21)17-9-3-4-11(16)10(15)7-9/h3-4,7H,2,5-6,8H2,1H3,(H,17,21)(H,18,22). The molecule has 1 aromatic carbocycles. The number of aromatic amines is 1. The SMILES string of the molecule is COCCCn1c(SCC(=O)Nc2ccc(F)c(Cl)c2)n[nH]c1=O. The quantitative estimate of drug-likeness (QED) is 0.546. The number of ether oxygens (including phenoxy) is 1. The van der Waals surface area contributed by atoms with Crippen molar-refractivity contribution in [1.29, 1.82) is 0 Å². The molecular formula is C14H16ClFN4O3S. The normalized spacial score (nSPS) is 10.8. The second-order valence-corrected chi connectivity index (χ2v) is 6.12. The maximum absolute atomic E-state index is 13.1. The van der Waals surface area contributed by atoms with Crippen molar-refractivity contribution >= 4 is 35.0 Å². The number of hydrogen-bond acceptors (Lipinski definition) is 5. The molecule has 1 aromatic heterocycles. The van der Waals surface area contributed by atoms with Crippen molar-refractivity contribution in [2.45, 2.75) is 18.1 Å². The van der Waals surface area contributed by atoms with Gasteiger partial charge in [0.15, 0.2) is 5.16 Å². The summed E-state index contributed by atoms with van der Waals surface area (Å²) < 4.78 is 19.5. The van der Waals surface area contributed by atoms with E-state index < -0.39 is 5.82 Å². The van der Waals surface area contributed by atoms with Crippen LogP contribution in [0.25, 0.3) is 0 Å². The fourth-order valence-corrected chi connectivity index (χ4v) is 2.83. The van der Waals surface area contributed by atoms with Crippen molar-refractivity contribution in [2.24, 2.45) is 0 Å². The number of aromatic nitrogens is 3. The number of thioether (sulfide) groups is 1.